The van der Waals surface area contributed by atoms with Crippen LogP contribution in [0.15, 0.2) is 60.7 Å². The highest BCUT2D eigenvalue weighted by atomic mass is 28.4. The third-order valence-corrected chi connectivity index (χ3v) is 12.9. The highest BCUT2D eigenvalue weighted by molar-refractivity contribution is 6.84. The number of rotatable bonds is 14. The van der Waals surface area contributed by atoms with Gasteiger partial charge < -0.3 is 13.6 Å². The monoisotopic (exact) mass is 486 g/mol. The molecule has 2 aromatic carbocycles. The molecule has 2 rings (SSSR count). The SMILES string of the molecule is C[Si](C)(CCCC(=O)OCc1ccccc1)O[Si](C)(C)CCCC(=O)OCc1ccccc1. The Bertz CT molecular complexity index is 782. The van der Waals surface area contributed by atoms with Gasteiger partial charge in [-0.25, -0.2) is 0 Å². The molecule has 2 aromatic rings. The van der Waals surface area contributed by atoms with Crippen LogP contribution in [0.5, 0.6) is 0 Å². The molecule has 0 saturated carbocycles. The van der Waals surface area contributed by atoms with Crippen molar-refractivity contribution in [1.82, 2.24) is 0 Å². The van der Waals surface area contributed by atoms with Crippen LogP contribution in [-0.2, 0) is 36.4 Å². The third-order valence-electron chi connectivity index (χ3n) is 5.36. The second kappa shape index (κ2) is 13.5. The molecule has 0 heterocycles. The van der Waals surface area contributed by atoms with Gasteiger partial charge in [-0.1, -0.05) is 60.7 Å². The summed E-state index contributed by atoms with van der Waals surface area (Å²) in [6.45, 7) is 9.50. The van der Waals surface area contributed by atoms with Gasteiger partial charge in [-0.3, -0.25) is 9.59 Å². The molecule has 7 heteroatoms. The van der Waals surface area contributed by atoms with Gasteiger partial charge in [-0.05, 0) is 62.2 Å². The van der Waals surface area contributed by atoms with Crippen LogP contribution in [0.4, 0.5) is 0 Å². The Morgan fingerprint density at radius 1 is 0.636 bits per heavy atom. The summed E-state index contributed by atoms with van der Waals surface area (Å²) in [5, 5.41) is 0. The molecule has 0 aliphatic heterocycles. The Kier molecular flexibility index (Phi) is 11.0. The second-order valence-corrected chi connectivity index (χ2v) is 18.5. The van der Waals surface area contributed by atoms with Crippen molar-refractivity contribution in [3.63, 3.8) is 0 Å². The standard InChI is InChI=1S/C26H38O5Si2/c1-32(2,19-11-17-25(27)29-21-23-13-7-5-8-14-23)31-33(3,4)20-12-18-26(28)30-22-24-15-9-6-10-16-24/h5-10,13-16H,11-12,17-22H2,1-4H3. The molecule has 0 unspecified atom stereocenters. The molecule has 5 nitrogen and oxygen atoms in total. The van der Waals surface area contributed by atoms with E-state index in [0.29, 0.717) is 26.1 Å². The quantitative estimate of drug-likeness (QED) is 0.226. The van der Waals surface area contributed by atoms with Crippen molar-refractivity contribution in [3.05, 3.63) is 71.8 Å². The predicted octanol–water partition coefficient (Wildman–Crippen LogP) is 6.46. The van der Waals surface area contributed by atoms with E-state index in [2.05, 4.69) is 26.2 Å². The van der Waals surface area contributed by atoms with Crippen LogP contribution in [0.3, 0.4) is 0 Å². The average molecular weight is 487 g/mol. The van der Waals surface area contributed by atoms with Crippen LogP contribution in [0, 0.1) is 0 Å². The van der Waals surface area contributed by atoms with E-state index in [0.717, 1.165) is 36.1 Å². The van der Waals surface area contributed by atoms with Crippen LogP contribution in [0.2, 0.25) is 38.3 Å². The first-order chi connectivity index (χ1) is 15.7. The molecule has 0 atom stereocenters. The zero-order valence-corrected chi connectivity index (χ0v) is 22.5. The van der Waals surface area contributed by atoms with E-state index in [9.17, 15) is 9.59 Å². The number of carbonyl (C=O) groups excluding carboxylic acids is 2. The second-order valence-electron chi connectivity index (χ2n) is 9.62. The van der Waals surface area contributed by atoms with Gasteiger partial charge in [0.1, 0.15) is 13.2 Å². The maximum absolute atomic E-state index is 12.1. The van der Waals surface area contributed by atoms with Crippen molar-refractivity contribution in [2.24, 2.45) is 0 Å². The molecule has 0 spiro atoms. The lowest BCUT2D eigenvalue weighted by atomic mass is 10.2. The molecular weight excluding hydrogens is 448 g/mol. The zero-order chi connectivity index (χ0) is 24.2. The topological polar surface area (TPSA) is 61.8 Å². The first-order valence-electron chi connectivity index (χ1n) is 11.7. The summed E-state index contributed by atoms with van der Waals surface area (Å²) < 4.78 is 17.4. The van der Waals surface area contributed by atoms with E-state index < -0.39 is 16.6 Å². The van der Waals surface area contributed by atoms with Crippen molar-refractivity contribution >= 4 is 28.6 Å². The third kappa shape index (κ3) is 12.0. The number of carbonyl (C=O) groups is 2. The molecule has 0 N–H and O–H groups in total. The maximum Gasteiger partial charge on any atom is 0.306 e. The highest BCUT2D eigenvalue weighted by Crippen LogP contribution is 2.25. The van der Waals surface area contributed by atoms with Gasteiger partial charge in [-0.2, -0.15) is 0 Å². The minimum Gasteiger partial charge on any atom is -0.461 e. The van der Waals surface area contributed by atoms with Crippen LogP contribution in [-0.4, -0.2) is 28.6 Å². The summed E-state index contributed by atoms with van der Waals surface area (Å²) in [6.07, 6.45) is 2.40. The van der Waals surface area contributed by atoms with Gasteiger partial charge in [0.2, 0.25) is 0 Å². The molecule has 0 saturated heterocycles. The Labute approximate surface area is 200 Å². The lowest BCUT2D eigenvalue weighted by molar-refractivity contribution is -0.145. The van der Waals surface area contributed by atoms with Crippen molar-refractivity contribution in [2.75, 3.05) is 0 Å². The summed E-state index contributed by atoms with van der Waals surface area (Å²) in [6, 6.07) is 21.3. The summed E-state index contributed by atoms with van der Waals surface area (Å²) in [5.74, 6) is -0.316. The minimum absolute atomic E-state index is 0.158. The van der Waals surface area contributed by atoms with E-state index >= 15 is 0 Å². The van der Waals surface area contributed by atoms with Crippen molar-refractivity contribution < 1.29 is 23.2 Å². The summed E-state index contributed by atoms with van der Waals surface area (Å²) >= 11 is 0. The van der Waals surface area contributed by atoms with Crippen molar-refractivity contribution in [3.8, 4) is 0 Å². The summed E-state index contributed by atoms with van der Waals surface area (Å²) in [5.41, 5.74) is 2.00. The van der Waals surface area contributed by atoms with E-state index in [1.165, 1.54) is 0 Å². The lowest BCUT2D eigenvalue weighted by Crippen LogP contribution is -2.44. The van der Waals surface area contributed by atoms with Crippen LogP contribution in [0.25, 0.3) is 0 Å². The van der Waals surface area contributed by atoms with Gasteiger partial charge in [-0.15, -0.1) is 0 Å². The molecule has 0 radical (unpaired) electrons. The molecule has 0 aliphatic carbocycles. The predicted molar refractivity (Wildman–Crippen MR) is 137 cm³/mol. The zero-order valence-electron chi connectivity index (χ0n) is 20.5. The molecule has 0 aromatic heterocycles. The highest BCUT2D eigenvalue weighted by Gasteiger charge is 2.32. The Morgan fingerprint density at radius 3 is 1.36 bits per heavy atom. The number of benzene rings is 2. The van der Waals surface area contributed by atoms with Crippen LogP contribution < -0.4 is 0 Å². The average Bonchev–Trinajstić information content (AvgIpc) is 2.76. The Hall–Kier alpha value is -2.23. The van der Waals surface area contributed by atoms with Crippen LogP contribution in [0.1, 0.15) is 36.8 Å². The summed E-state index contributed by atoms with van der Waals surface area (Å²) in [4.78, 5) is 24.1. The number of hydrogen-bond acceptors (Lipinski definition) is 5. The number of ether oxygens (including phenoxy) is 2. The number of hydrogen-bond donors (Lipinski definition) is 0. The molecule has 0 bridgehead atoms. The normalized spacial score (nSPS) is 11.8. The van der Waals surface area contributed by atoms with Gasteiger partial charge >= 0.3 is 11.9 Å². The molecular formula is C26H38O5Si2. The smallest absolute Gasteiger partial charge is 0.306 e. The first-order valence-corrected chi connectivity index (χ1v) is 18.0. The van der Waals surface area contributed by atoms with E-state index in [-0.39, 0.29) is 11.9 Å². The van der Waals surface area contributed by atoms with E-state index in [1.807, 2.05) is 60.7 Å². The molecule has 0 fully saturated rings. The fraction of sp³-hybridized carbons (Fsp3) is 0.462. The molecule has 0 amide bonds. The van der Waals surface area contributed by atoms with Gasteiger partial charge in [0.15, 0.2) is 16.6 Å². The summed E-state index contributed by atoms with van der Waals surface area (Å²) in [7, 11) is -3.78. The number of esters is 2. The molecule has 33 heavy (non-hydrogen) atoms. The van der Waals surface area contributed by atoms with E-state index in [1.54, 1.807) is 0 Å². The fourth-order valence-corrected chi connectivity index (χ4v) is 12.6. The maximum atomic E-state index is 12.1. The minimum atomic E-state index is -1.89. The van der Waals surface area contributed by atoms with Gasteiger partial charge in [0, 0.05) is 12.8 Å². The van der Waals surface area contributed by atoms with Crippen molar-refractivity contribution in [1.29, 1.82) is 0 Å². The molecule has 180 valence electrons. The Balaban J connectivity index is 1.62. The van der Waals surface area contributed by atoms with E-state index in [4.69, 9.17) is 13.6 Å². The first kappa shape index (κ1) is 27.0. The molecule has 0 aliphatic rings. The van der Waals surface area contributed by atoms with Gasteiger partial charge in [0.05, 0.1) is 0 Å². The van der Waals surface area contributed by atoms with Crippen molar-refractivity contribution in [2.45, 2.75) is 77.2 Å². The van der Waals surface area contributed by atoms with Crippen LogP contribution >= 0.6 is 0 Å². The fourth-order valence-electron chi connectivity index (χ4n) is 3.79. The van der Waals surface area contributed by atoms with Gasteiger partial charge in [0.25, 0.3) is 0 Å². The Morgan fingerprint density at radius 2 is 1.00 bits per heavy atom. The largest absolute Gasteiger partial charge is 0.461 e. The lowest BCUT2D eigenvalue weighted by Gasteiger charge is -2.34.